The van der Waals surface area contributed by atoms with Gasteiger partial charge in [0.05, 0.1) is 6.04 Å². The van der Waals surface area contributed by atoms with E-state index >= 15 is 0 Å². The number of carbonyl (C=O) groups excluding carboxylic acids is 2. The molecule has 1 aliphatic heterocycles. The topological polar surface area (TPSA) is 52.6 Å². The molecule has 1 N–H and O–H groups in total. The van der Waals surface area contributed by atoms with Crippen LogP contribution in [-0.2, 0) is 4.79 Å². The van der Waals surface area contributed by atoms with Gasteiger partial charge in [-0.05, 0) is 74.1 Å². The first-order valence-electron chi connectivity index (χ1n) is 11.8. The summed E-state index contributed by atoms with van der Waals surface area (Å²) in [6.07, 6.45) is 7.34. The molecule has 2 aromatic rings. The van der Waals surface area contributed by atoms with E-state index in [1.165, 1.54) is 11.1 Å². The van der Waals surface area contributed by atoms with E-state index in [0.29, 0.717) is 6.54 Å². The minimum absolute atomic E-state index is 0.0297. The van der Waals surface area contributed by atoms with Crippen LogP contribution in [0.2, 0.25) is 0 Å². The minimum Gasteiger partial charge on any atom is -0.329 e. The highest BCUT2D eigenvalue weighted by atomic mass is 16.2. The molecule has 166 valence electrons. The van der Waals surface area contributed by atoms with Crippen molar-refractivity contribution >= 4 is 23.1 Å². The summed E-state index contributed by atoms with van der Waals surface area (Å²) in [5.41, 5.74) is 4.91. The van der Waals surface area contributed by atoms with Crippen LogP contribution in [0.5, 0.6) is 0 Å². The van der Waals surface area contributed by atoms with Crippen molar-refractivity contribution in [2.45, 2.75) is 38.1 Å². The molecule has 1 saturated heterocycles. The number of allylic oxidation sites excluding steroid dienone is 2. The number of benzene rings is 2. The molecule has 2 fully saturated rings. The number of piperazine rings is 1. The molecule has 1 atom stereocenters. The Morgan fingerprint density at radius 1 is 1.03 bits per heavy atom. The second-order valence-electron chi connectivity index (χ2n) is 9.33. The largest absolute Gasteiger partial charge is 0.329 e. The maximum Gasteiger partial charge on any atom is 0.255 e. The van der Waals surface area contributed by atoms with E-state index < -0.39 is 0 Å². The second kappa shape index (κ2) is 8.91. The second-order valence-corrected chi connectivity index (χ2v) is 9.33. The Hall–Kier alpha value is -2.92. The van der Waals surface area contributed by atoms with Gasteiger partial charge in [-0.3, -0.25) is 9.59 Å². The number of likely N-dealkylation sites (N-methyl/N-ethyl adjacent to an activating group) is 1. The quantitative estimate of drug-likeness (QED) is 0.748. The number of nitrogens with one attached hydrogen (secondary N) is 1. The third-order valence-electron chi connectivity index (χ3n) is 6.88. The van der Waals surface area contributed by atoms with Crippen molar-refractivity contribution in [1.82, 2.24) is 9.80 Å². The zero-order valence-corrected chi connectivity index (χ0v) is 18.7. The highest BCUT2D eigenvalue weighted by Gasteiger charge is 2.33. The van der Waals surface area contributed by atoms with Gasteiger partial charge in [0.2, 0.25) is 5.91 Å². The van der Waals surface area contributed by atoms with Gasteiger partial charge in [0.1, 0.15) is 0 Å². The van der Waals surface area contributed by atoms with Gasteiger partial charge in [-0.2, -0.15) is 0 Å². The standard InChI is InChI=1S/C27H31N3O2/c1-29-15-16-30(25(18-29)20-9-3-2-4-10-20)27(32)23-14-13-22(28-26(31)21-11-12-21)17-24(23)19-7-5-6-8-19/h2-4,7,9-10,13-14,17,21,25H,5-6,8,11-12,15-16,18H2,1H3,(H,28,31). The first-order chi connectivity index (χ1) is 15.6. The van der Waals surface area contributed by atoms with Gasteiger partial charge < -0.3 is 15.1 Å². The molecule has 0 spiro atoms. The van der Waals surface area contributed by atoms with Gasteiger partial charge in [-0.1, -0.05) is 36.4 Å². The number of rotatable bonds is 5. The van der Waals surface area contributed by atoms with Crippen molar-refractivity contribution in [3.05, 3.63) is 71.3 Å². The van der Waals surface area contributed by atoms with Crippen LogP contribution in [0.15, 0.2) is 54.6 Å². The Bertz CT molecular complexity index is 1040. The Balaban J connectivity index is 1.47. The van der Waals surface area contributed by atoms with Crippen molar-refractivity contribution in [3.63, 3.8) is 0 Å². The van der Waals surface area contributed by atoms with E-state index in [4.69, 9.17) is 0 Å². The van der Waals surface area contributed by atoms with Crippen molar-refractivity contribution in [3.8, 4) is 0 Å². The van der Waals surface area contributed by atoms with Crippen LogP contribution >= 0.6 is 0 Å². The number of nitrogens with zero attached hydrogens (tertiary/aromatic N) is 2. The molecule has 2 aromatic carbocycles. The van der Waals surface area contributed by atoms with E-state index in [-0.39, 0.29) is 23.8 Å². The van der Waals surface area contributed by atoms with Crippen LogP contribution in [0.1, 0.15) is 59.6 Å². The third-order valence-corrected chi connectivity index (χ3v) is 6.88. The SMILES string of the molecule is CN1CCN(C(=O)c2ccc(NC(=O)C3CC3)cc2C2=CCCC2)C(c2ccccc2)C1. The predicted octanol–water partition coefficient (Wildman–Crippen LogP) is 4.73. The van der Waals surface area contributed by atoms with E-state index in [0.717, 1.165) is 62.0 Å². The average molecular weight is 430 g/mol. The van der Waals surface area contributed by atoms with Crippen LogP contribution in [0.25, 0.3) is 5.57 Å². The summed E-state index contributed by atoms with van der Waals surface area (Å²) in [6.45, 7) is 2.39. The maximum absolute atomic E-state index is 13.9. The van der Waals surface area contributed by atoms with Crippen molar-refractivity contribution in [1.29, 1.82) is 0 Å². The molecule has 1 heterocycles. The summed E-state index contributed by atoms with van der Waals surface area (Å²) < 4.78 is 0. The lowest BCUT2D eigenvalue weighted by Gasteiger charge is -2.40. The highest BCUT2D eigenvalue weighted by Crippen LogP contribution is 2.35. The van der Waals surface area contributed by atoms with E-state index in [1.807, 2.05) is 41.3 Å². The minimum atomic E-state index is 0.0297. The van der Waals surface area contributed by atoms with Crippen molar-refractivity contribution in [2.24, 2.45) is 5.92 Å². The summed E-state index contributed by atoms with van der Waals surface area (Å²) in [5, 5.41) is 3.06. The number of hydrogen-bond donors (Lipinski definition) is 1. The van der Waals surface area contributed by atoms with Crippen molar-refractivity contribution < 1.29 is 9.59 Å². The Morgan fingerprint density at radius 2 is 1.84 bits per heavy atom. The zero-order valence-electron chi connectivity index (χ0n) is 18.7. The lowest BCUT2D eigenvalue weighted by Crippen LogP contribution is -2.49. The van der Waals surface area contributed by atoms with Crippen LogP contribution in [-0.4, -0.2) is 48.3 Å². The third kappa shape index (κ3) is 4.35. The smallest absolute Gasteiger partial charge is 0.255 e. The summed E-state index contributed by atoms with van der Waals surface area (Å²) in [4.78, 5) is 30.5. The Morgan fingerprint density at radius 3 is 2.56 bits per heavy atom. The van der Waals surface area contributed by atoms with E-state index in [1.54, 1.807) is 0 Å². The molecule has 2 aliphatic carbocycles. The number of hydrogen-bond acceptors (Lipinski definition) is 3. The molecule has 1 unspecified atom stereocenters. The molecule has 2 amide bonds. The summed E-state index contributed by atoms with van der Waals surface area (Å²) in [6, 6.07) is 16.2. The Kier molecular flexibility index (Phi) is 5.83. The molecule has 5 rings (SSSR count). The van der Waals surface area contributed by atoms with Crippen molar-refractivity contribution in [2.75, 3.05) is 32.0 Å². The zero-order chi connectivity index (χ0) is 22.1. The van der Waals surface area contributed by atoms with E-state index in [2.05, 4.69) is 35.5 Å². The average Bonchev–Trinajstić information content (AvgIpc) is 3.53. The summed E-state index contributed by atoms with van der Waals surface area (Å²) >= 11 is 0. The molecule has 0 aromatic heterocycles. The van der Waals surface area contributed by atoms with Gasteiger partial charge in [0, 0.05) is 36.8 Å². The first-order valence-corrected chi connectivity index (χ1v) is 11.8. The predicted molar refractivity (Wildman–Crippen MR) is 127 cm³/mol. The Labute approximate surface area is 190 Å². The number of anilines is 1. The molecular weight excluding hydrogens is 398 g/mol. The van der Waals surface area contributed by atoms with Crippen LogP contribution < -0.4 is 5.32 Å². The molecule has 5 nitrogen and oxygen atoms in total. The van der Waals surface area contributed by atoms with Crippen LogP contribution in [0.4, 0.5) is 5.69 Å². The molecule has 32 heavy (non-hydrogen) atoms. The number of amides is 2. The monoisotopic (exact) mass is 429 g/mol. The van der Waals surface area contributed by atoms with Gasteiger partial charge in [-0.15, -0.1) is 0 Å². The molecule has 3 aliphatic rings. The van der Waals surface area contributed by atoms with Gasteiger partial charge in [0.25, 0.3) is 5.91 Å². The van der Waals surface area contributed by atoms with Gasteiger partial charge >= 0.3 is 0 Å². The number of carbonyl (C=O) groups is 2. The van der Waals surface area contributed by atoms with Crippen LogP contribution in [0.3, 0.4) is 0 Å². The summed E-state index contributed by atoms with van der Waals surface area (Å²) in [5.74, 6) is 0.330. The maximum atomic E-state index is 13.9. The van der Waals surface area contributed by atoms with Crippen LogP contribution in [0, 0.1) is 5.92 Å². The van der Waals surface area contributed by atoms with Gasteiger partial charge in [-0.25, -0.2) is 0 Å². The summed E-state index contributed by atoms with van der Waals surface area (Å²) in [7, 11) is 2.11. The van der Waals surface area contributed by atoms with Gasteiger partial charge in [0.15, 0.2) is 0 Å². The molecule has 0 bridgehead atoms. The molecule has 1 saturated carbocycles. The normalized spacial score (nSPS) is 21.3. The fraction of sp³-hybridized carbons (Fsp3) is 0.407. The first kappa shape index (κ1) is 21.0. The fourth-order valence-corrected chi connectivity index (χ4v) is 4.86. The fourth-order valence-electron chi connectivity index (χ4n) is 4.86. The lowest BCUT2D eigenvalue weighted by atomic mass is 9.95. The lowest BCUT2D eigenvalue weighted by molar-refractivity contribution is -0.117. The van der Waals surface area contributed by atoms with E-state index in [9.17, 15) is 9.59 Å². The molecular formula is C27H31N3O2. The molecule has 0 radical (unpaired) electrons. The molecule has 5 heteroatoms. The highest BCUT2D eigenvalue weighted by molar-refractivity contribution is 6.01.